The second-order valence-electron chi connectivity index (χ2n) is 8.51. The third kappa shape index (κ3) is 3.63. The molecule has 30 heavy (non-hydrogen) atoms. The van der Waals surface area contributed by atoms with Crippen LogP contribution in [-0.4, -0.2) is 30.1 Å². The Morgan fingerprint density at radius 1 is 1.20 bits per heavy atom. The van der Waals surface area contributed by atoms with Gasteiger partial charge in [0.1, 0.15) is 5.76 Å². The molecule has 1 aromatic heterocycles. The summed E-state index contributed by atoms with van der Waals surface area (Å²) >= 11 is 0. The fourth-order valence-corrected chi connectivity index (χ4v) is 4.66. The van der Waals surface area contributed by atoms with Crippen LogP contribution in [0.25, 0.3) is 0 Å². The van der Waals surface area contributed by atoms with Gasteiger partial charge in [-0.1, -0.05) is 6.92 Å². The van der Waals surface area contributed by atoms with Crippen LogP contribution in [0.5, 0.6) is 5.75 Å². The molecule has 1 amide bonds. The molecule has 2 saturated carbocycles. The Morgan fingerprint density at radius 3 is 2.50 bits per heavy atom. The van der Waals surface area contributed by atoms with E-state index in [9.17, 15) is 13.6 Å². The van der Waals surface area contributed by atoms with Crippen LogP contribution in [0.1, 0.15) is 55.3 Å². The lowest BCUT2D eigenvalue weighted by Gasteiger charge is -2.17. The average molecular weight is 417 g/mol. The number of aromatic nitrogens is 1. The van der Waals surface area contributed by atoms with Crippen molar-refractivity contribution in [1.82, 2.24) is 4.98 Å². The highest BCUT2D eigenvalue weighted by Gasteiger charge is 2.47. The number of anilines is 2. The number of nitrogens with zero attached hydrogens (tertiary/aromatic N) is 2. The normalized spacial score (nSPS) is 24.8. The van der Waals surface area contributed by atoms with E-state index in [-0.39, 0.29) is 23.2 Å². The minimum atomic E-state index is -0.820. The predicted octanol–water partition coefficient (Wildman–Crippen LogP) is 4.55. The summed E-state index contributed by atoms with van der Waals surface area (Å²) in [6.07, 6.45) is 5.38. The zero-order valence-corrected chi connectivity index (χ0v) is 16.9. The number of ether oxygens (including phenoxy) is 1. The molecule has 3 aliphatic rings. The fraction of sp³-hybridized carbons (Fsp3) is 0.545. The molecule has 1 unspecified atom stereocenters. The lowest BCUT2D eigenvalue weighted by Crippen LogP contribution is -2.19. The van der Waals surface area contributed by atoms with Gasteiger partial charge in [0, 0.05) is 37.3 Å². The molecule has 5 rings (SSSR count). The van der Waals surface area contributed by atoms with Crippen molar-refractivity contribution in [3.63, 3.8) is 0 Å². The number of carbonyl (C=O) groups excluding carboxylic acids is 1. The third-order valence-corrected chi connectivity index (χ3v) is 6.34. The van der Waals surface area contributed by atoms with Gasteiger partial charge in [-0.2, -0.15) is 4.98 Å². The zero-order chi connectivity index (χ0) is 20.8. The molecular weight excluding hydrogens is 392 g/mol. The molecule has 2 heterocycles. The maximum Gasteiger partial charge on any atom is 0.298 e. The molecule has 8 heteroatoms. The van der Waals surface area contributed by atoms with Gasteiger partial charge >= 0.3 is 0 Å². The van der Waals surface area contributed by atoms with Crippen LogP contribution >= 0.6 is 0 Å². The van der Waals surface area contributed by atoms with Crippen molar-refractivity contribution in [1.29, 1.82) is 0 Å². The number of halogens is 2. The highest BCUT2D eigenvalue weighted by atomic mass is 19.1. The van der Waals surface area contributed by atoms with Gasteiger partial charge in [-0.05, 0) is 43.9 Å². The van der Waals surface area contributed by atoms with Gasteiger partial charge in [0.05, 0.1) is 6.10 Å². The molecule has 0 spiro atoms. The van der Waals surface area contributed by atoms with Crippen molar-refractivity contribution in [2.45, 2.75) is 51.6 Å². The molecule has 3 atom stereocenters. The van der Waals surface area contributed by atoms with Crippen LogP contribution in [0, 0.1) is 23.5 Å². The summed E-state index contributed by atoms with van der Waals surface area (Å²) in [5.74, 6) is -0.800. The monoisotopic (exact) mass is 417 g/mol. The highest BCUT2D eigenvalue weighted by molar-refractivity contribution is 6.03. The predicted molar refractivity (Wildman–Crippen MR) is 107 cm³/mol. The van der Waals surface area contributed by atoms with Crippen molar-refractivity contribution in [2.75, 3.05) is 23.3 Å². The van der Waals surface area contributed by atoms with Crippen molar-refractivity contribution in [3.05, 3.63) is 35.2 Å². The van der Waals surface area contributed by atoms with Crippen molar-refractivity contribution in [2.24, 2.45) is 11.8 Å². The topological polar surface area (TPSA) is 67.6 Å². The first-order chi connectivity index (χ1) is 14.5. The fourth-order valence-electron chi connectivity index (χ4n) is 4.66. The van der Waals surface area contributed by atoms with E-state index in [2.05, 4.69) is 10.3 Å². The maximum absolute atomic E-state index is 14.5. The number of aryl methyl sites for hydroxylation is 1. The number of nitrogens with one attached hydrogen (secondary N) is 1. The Labute approximate surface area is 173 Å². The summed E-state index contributed by atoms with van der Waals surface area (Å²) in [6.45, 7) is 3.54. The number of fused-ring (bicyclic) bond motifs is 1. The first-order valence-electron chi connectivity index (χ1n) is 10.7. The van der Waals surface area contributed by atoms with Crippen molar-refractivity contribution < 1.29 is 22.7 Å². The largest absolute Gasteiger partial charge is 0.484 e. The Kier molecular flexibility index (Phi) is 4.87. The number of hydrogen-bond acceptors (Lipinski definition) is 5. The van der Waals surface area contributed by atoms with Crippen LogP contribution in [0.3, 0.4) is 0 Å². The van der Waals surface area contributed by atoms with Gasteiger partial charge in [0.15, 0.2) is 23.1 Å². The third-order valence-electron chi connectivity index (χ3n) is 6.34. The molecule has 160 valence electrons. The van der Waals surface area contributed by atoms with Gasteiger partial charge in [-0.25, -0.2) is 8.78 Å². The second kappa shape index (κ2) is 7.56. The molecular formula is C22H25F2N3O3. The standard InChI is InChI=1S/C22H25F2N3O3/c1-2-18-19(26-22(30-18)27-5-3-4-6-27)21(28)25-14-10-16(23)20(17(24)11-14)29-15-8-12-7-13(12)9-15/h10-13,15H,2-9H2,1H3,(H,25,28)/t12-,13+,15?. The molecule has 1 N–H and O–H groups in total. The summed E-state index contributed by atoms with van der Waals surface area (Å²) in [6, 6.07) is 2.59. The molecule has 1 saturated heterocycles. The summed E-state index contributed by atoms with van der Waals surface area (Å²) in [5.41, 5.74) is 0.162. The molecule has 1 aromatic carbocycles. The van der Waals surface area contributed by atoms with Crippen LogP contribution in [-0.2, 0) is 6.42 Å². The van der Waals surface area contributed by atoms with E-state index in [0.29, 0.717) is 30.0 Å². The Hall–Kier alpha value is -2.64. The highest BCUT2D eigenvalue weighted by Crippen LogP contribution is 2.52. The zero-order valence-electron chi connectivity index (χ0n) is 16.9. The van der Waals surface area contributed by atoms with E-state index in [1.54, 1.807) is 0 Å². The molecule has 2 aliphatic carbocycles. The molecule has 3 fully saturated rings. The molecule has 0 bridgehead atoms. The van der Waals surface area contributed by atoms with Gasteiger partial charge < -0.3 is 19.4 Å². The van der Waals surface area contributed by atoms with Gasteiger partial charge in [0.2, 0.25) is 0 Å². The minimum absolute atomic E-state index is 0.0180. The summed E-state index contributed by atoms with van der Waals surface area (Å²) < 4.78 is 40.4. The smallest absolute Gasteiger partial charge is 0.298 e. The van der Waals surface area contributed by atoms with Crippen LogP contribution in [0.15, 0.2) is 16.5 Å². The molecule has 0 radical (unpaired) electrons. The lowest BCUT2D eigenvalue weighted by molar-refractivity contribution is 0.102. The van der Waals surface area contributed by atoms with Gasteiger partial charge in [0.25, 0.3) is 11.9 Å². The molecule has 6 nitrogen and oxygen atoms in total. The first-order valence-corrected chi connectivity index (χ1v) is 10.7. The second-order valence-corrected chi connectivity index (χ2v) is 8.51. The number of hydrogen-bond donors (Lipinski definition) is 1. The number of carbonyl (C=O) groups is 1. The van der Waals surface area contributed by atoms with Crippen LogP contribution in [0.4, 0.5) is 20.5 Å². The van der Waals surface area contributed by atoms with Crippen molar-refractivity contribution >= 4 is 17.6 Å². The molecule has 2 aromatic rings. The van der Waals surface area contributed by atoms with E-state index in [1.807, 2.05) is 11.8 Å². The van der Waals surface area contributed by atoms with E-state index >= 15 is 0 Å². The summed E-state index contributed by atoms with van der Waals surface area (Å²) in [7, 11) is 0. The quantitative estimate of drug-likeness (QED) is 0.747. The number of amides is 1. The summed E-state index contributed by atoms with van der Waals surface area (Å²) in [4.78, 5) is 19.1. The molecule has 1 aliphatic heterocycles. The summed E-state index contributed by atoms with van der Waals surface area (Å²) in [5, 5.41) is 2.54. The van der Waals surface area contributed by atoms with E-state index < -0.39 is 17.5 Å². The van der Waals surface area contributed by atoms with E-state index in [1.165, 1.54) is 6.42 Å². The van der Waals surface area contributed by atoms with E-state index in [0.717, 1.165) is 50.9 Å². The van der Waals surface area contributed by atoms with Crippen LogP contribution in [0.2, 0.25) is 0 Å². The number of rotatable bonds is 6. The van der Waals surface area contributed by atoms with Gasteiger partial charge in [-0.3, -0.25) is 4.79 Å². The van der Waals surface area contributed by atoms with Gasteiger partial charge in [-0.15, -0.1) is 0 Å². The maximum atomic E-state index is 14.5. The average Bonchev–Trinajstić information content (AvgIpc) is 3.17. The Bertz CT molecular complexity index is 938. The number of benzene rings is 1. The van der Waals surface area contributed by atoms with E-state index in [4.69, 9.17) is 9.15 Å². The first kappa shape index (κ1) is 19.3. The number of oxazole rings is 1. The Morgan fingerprint density at radius 2 is 1.87 bits per heavy atom. The minimum Gasteiger partial charge on any atom is -0.484 e. The lowest BCUT2D eigenvalue weighted by atomic mass is 10.2. The van der Waals surface area contributed by atoms with Crippen LogP contribution < -0.4 is 15.0 Å². The SMILES string of the molecule is CCc1oc(N2CCCC2)nc1C(=O)Nc1cc(F)c(OC2C[C@@H]3C[C@@H]3C2)c(F)c1. The van der Waals surface area contributed by atoms with Crippen molar-refractivity contribution in [3.8, 4) is 5.75 Å². The Balaban J connectivity index is 1.31.